The maximum absolute atomic E-state index is 11.4. The fraction of sp³-hybridized carbons (Fsp3) is 0.143. The smallest absolute Gasteiger partial charge is 0.335 e. The highest BCUT2D eigenvalue weighted by Gasteiger charge is 2.15. The summed E-state index contributed by atoms with van der Waals surface area (Å²) in [6, 6.07) is 22.9. The molecule has 0 bridgehead atoms. The highest BCUT2D eigenvalue weighted by molar-refractivity contribution is 5.87. The van der Waals surface area contributed by atoms with Gasteiger partial charge < -0.3 is 9.84 Å². The van der Waals surface area contributed by atoms with Gasteiger partial charge in [0.2, 0.25) is 5.88 Å². The molecular formula is C28H24N6O3. The fourth-order valence-corrected chi connectivity index (χ4v) is 4.19. The van der Waals surface area contributed by atoms with Gasteiger partial charge >= 0.3 is 5.97 Å². The van der Waals surface area contributed by atoms with Crippen LogP contribution in [0, 0.1) is 13.8 Å². The number of carbonyl (C=O) groups is 1. The number of benzene rings is 3. The van der Waals surface area contributed by atoms with Crippen molar-refractivity contribution in [2.24, 2.45) is 0 Å². The van der Waals surface area contributed by atoms with Gasteiger partial charge in [0.15, 0.2) is 5.82 Å². The predicted octanol–water partition coefficient (Wildman–Crippen LogP) is 4.81. The summed E-state index contributed by atoms with van der Waals surface area (Å²) in [6.45, 7) is 4.06. The van der Waals surface area contributed by atoms with E-state index in [9.17, 15) is 9.90 Å². The van der Waals surface area contributed by atoms with E-state index in [0.717, 1.165) is 39.1 Å². The van der Waals surface area contributed by atoms with Crippen molar-refractivity contribution in [3.8, 4) is 28.4 Å². The summed E-state index contributed by atoms with van der Waals surface area (Å²) in [5.74, 6) is 0.764. The van der Waals surface area contributed by atoms with E-state index in [1.165, 1.54) is 0 Å². The number of aromatic carboxylic acids is 1. The number of aryl methyl sites for hydroxylation is 2. The van der Waals surface area contributed by atoms with Crippen molar-refractivity contribution in [1.82, 2.24) is 30.6 Å². The molecule has 2 N–H and O–H groups in total. The number of rotatable bonds is 8. The van der Waals surface area contributed by atoms with Crippen LogP contribution in [0.5, 0.6) is 5.88 Å². The van der Waals surface area contributed by atoms with Crippen molar-refractivity contribution in [3.63, 3.8) is 0 Å². The molecule has 0 radical (unpaired) electrons. The Balaban J connectivity index is 1.36. The predicted molar refractivity (Wildman–Crippen MR) is 137 cm³/mol. The standard InChI is InChI=1S/C28H24N6O3/c1-17-25(15-20-6-5-7-22(14-20)28(35)36)27(30-18(2)29-17)37-16-19-10-12-21(13-11-19)23-8-3-4-9-24(23)26-31-33-34-32-26/h3-14H,15-16H2,1-2H3,(H,35,36)(H,31,32,33,34). The maximum atomic E-state index is 11.4. The van der Waals surface area contributed by atoms with Crippen molar-refractivity contribution in [3.05, 3.63) is 107 Å². The van der Waals surface area contributed by atoms with E-state index in [0.29, 0.717) is 30.6 Å². The summed E-state index contributed by atoms with van der Waals surface area (Å²) in [4.78, 5) is 20.4. The Kier molecular flexibility index (Phi) is 6.67. The Morgan fingerprint density at radius 2 is 1.70 bits per heavy atom. The molecule has 0 saturated heterocycles. The number of aromatic amines is 1. The van der Waals surface area contributed by atoms with E-state index < -0.39 is 5.97 Å². The Bertz CT molecular complexity index is 1550. The van der Waals surface area contributed by atoms with Crippen LogP contribution in [0.3, 0.4) is 0 Å². The highest BCUT2D eigenvalue weighted by Crippen LogP contribution is 2.30. The van der Waals surface area contributed by atoms with Crippen LogP contribution in [0.4, 0.5) is 0 Å². The van der Waals surface area contributed by atoms with Gasteiger partial charge in [0.05, 0.1) is 5.56 Å². The second kappa shape index (κ2) is 10.4. The maximum Gasteiger partial charge on any atom is 0.335 e. The molecular weight excluding hydrogens is 468 g/mol. The van der Waals surface area contributed by atoms with Crippen molar-refractivity contribution >= 4 is 5.97 Å². The Morgan fingerprint density at radius 3 is 2.43 bits per heavy atom. The number of hydrogen-bond acceptors (Lipinski definition) is 7. The normalized spacial score (nSPS) is 10.9. The minimum absolute atomic E-state index is 0.242. The van der Waals surface area contributed by atoms with E-state index in [1.807, 2.05) is 68.4 Å². The lowest BCUT2D eigenvalue weighted by molar-refractivity contribution is 0.0696. The Labute approximate surface area is 213 Å². The van der Waals surface area contributed by atoms with Gasteiger partial charge in [-0.1, -0.05) is 60.7 Å². The zero-order valence-electron chi connectivity index (χ0n) is 20.3. The van der Waals surface area contributed by atoms with Crippen molar-refractivity contribution < 1.29 is 14.6 Å². The van der Waals surface area contributed by atoms with Crippen LogP contribution in [-0.2, 0) is 13.0 Å². The van der Waals surface area contributed by atoms with Crippen LogP contribution >= 0.6 is 0 Å². The summed E-state index contributed by atoms with van der Waals surface area (Å²) in [6.07, 6.45) is 0.467. The fourth-order valence-electron chi connectivity index (χ4n) is 4.19. The zero-order chi connectivity index (χ0) is 25.8. The number of carboxylic acid groups (broad SMARTS) is 1. The van der Waals surface area contributed by atoms with Gasteiger partial charge in [-0.15, -0.1) is 5.10 Å². The molecule has 0 fully saturated rings. The molecule has 0 aliphatic carbocycles. The molecule has 0 amide bonds. The summed E-state index contributed by atoms with van der Waals surface area (Å²) in [5, 5.41) is 23.6. The third-order valence-corrected chi connectivity index (χ3v) is 6.01. The number of ether oxygens (including phenoxy) is 1. The van der Waals surface area contributed by atoms with Crippen LogP contribution in [0.2, 0.25) is 0 Å². The molecule has 9 nitrogen and oxygen atoms in total. The molecule has 5 aromatic rings. The summed E-state index contributed by atoms with van der Waals surface area (Å²) in [7, 11) is 0. The number of hydrogen-bond donors (Lipinski definition) is 2. The first-order valence-electron chi connectivity index (χ1n) is 11.7. The number of aromatic nitrogens is 6. The topological polar surface area (TPSA) is 127 Å². The number of nitrogens with zero attached hydrogens (tertiary/aromatic N) is 5. The van der Waals surface area contributed by atoms with Crippen LogP contribution in [0.1, 0.15) is 38.6 Å². The average Bonchev–Trinajstić information content (AvgIpc) is 3.45. The zero-order valence-corrected chi connectivity index (χ0v) is 20.3. The van der Waals surface area contributed by atoms with E-state index in [1.54, 1.807) is 18.2 Å². The molecule has 184 valence electrons. The SMILES string of the molecule is Cc1nc(C)c(Cc2cccc(C(=O)O)c2)c(OCc2ccc(-c3ccccc3-c3nnn[nH]3)cc2)n1. The molecule has 37 heavy (non-hydrogen) atoms. The van der Waals surface area contributed by atoms with Crippen molar-refractivity contribution in [1.29, 1.82) is 0 Å². The van der Waals surface area contributed by atoms with Crippen LogP contribution in [0.15, 0.2) is 72.8 Å². The van der Waals surface area contributed by atoms with Gasteiger partial charge in [0, 0.05) is 23.2 Å². The van der Waals surface area contributed by atoms with Crippen LogP contribution in [0.25, 0.3) is 22.5 Å². The largest absolute Gasteiger partial charge is 0.478 e. The first-order chi connectivity index (χ1) is 18.0. The van der Waals surface area contributed by atoms with E-state index in [2.05, 4.69) is 30.6 Å². The first kappa shape index (κ1) is 23.8. The van der Waals surface area contributed by atoms with Crippen molar-refractivity contribution in [2.45, 2.75) is 26.9 Å². The number of carboxylic acids is 1. The molecule has 2 aromatic heterocycles. The molecule has 2 heterocycles. The molecule has 0 aliphatic rings. The molecule has 0 saturated carbocycles. The van der Waals surface area contributed by atoms with Gasteiger partial charge in [0.1, 0.15) is 12.4 Å². The molecule has 3 aromatic carbocycles. The number of tetrazole rings is 1. The van der Waals surface area contributed by atoms with Gasteiger partial charge in [0.25, 0.3) is 0 Å². The summed E-state index contributed by atoms with van der Waals surface area (Å²) < 4.78 is 6.16. The third kappa shape index (κ3) is 5.35. The minimum atomic E-state index is -0.959. The monoisotopic (exact) mass is 492 g/mol. The van der Waals surface area contributed by atoms with Crippen LogP contribution in [-0.4, -0.2) is 41.7 Å². The van der Waals surface area contributed by atoms with Crippen molar-refractivity contribution in [2.75, 3.05) is 0 Å². The average molecular weight is 493 g/mol. The second-order valence-electron chi connectivity index (χ2n) is 8.60. The highest BCUT2D eigenvalue weighted by atomic mass is 16.5. The van der Waals surface area contributed by atoms with Gasteiger partial charge in [-0.2, -0.15) is 4.98 Å². The van der Waals surface area contributed by atoms with E-state index in [4.69, 9.17) is 4.74 Å². The van der Waals surface area contributed by atoms with Gasteiger partial charge in [-0.25, -0.2) is 14.9 Å². The molecule has 5 rings (SSSR count). The number of H-pyrrole nitrogens is 1. The molecule has 0 spiro atoms. The summed E-state index contributed by atoms with van der Waals surface area (Å²) in [5.41, 5.74) is 6.67. The third-order valence-electron chi connectivity index (χ3n) is 6.01. The molecule has 9 heteroatoms. The van der Waals surface area contributed by atoms with Crippen LogP contribution < -0.4 is 4.74 Å². The lowest BCUT2D eigenvalue weighted by Gasteiger charge is -2.14. The van der Waals surface area contributed by atoms with E-state index >= 15 is 0 Å². The second-order valence-corrected chi connectivity index (χ2v) is 8.60. The van der Waals surface area contributed by atoms with Gasteiger partial charge in [-0.3, -0.25) is 0 Å². The molecule has 0 atom stereocenters. The number of nitrogens with one attached hydrogen (secondary N) is 1. The lowest BCUT2D eigenvalue weighted by atomic mass is 9.98. The minimum Gasteiger partial charge on any atom is -0.478 e. The lowest BCUT2D eigenvalue weighted by Crippen LogP contribution is -2.07. The van der Waals surface area contributed by atoms with E-state index in [-0.39, 0.29) is 5.56 Å². The first-order valence-corrected chi connectivity index (χ1v) is 11.7. The Hall–Kier alpha value is -4.92. The molecule has 0 unspecified atom stereocenters. The summed E-state index contributed by atoms with van der Waals surface area (Å²) >= 11 is 0. The molecule has 0 aliphatic heterocycles. The van der Waals surface area contributed by atoms with Gasteiger partial charge in [-0.05, 0) is 58.7 Å². The quantitative estimate of drug-likeness (QED) is 0.316. The Morgan fingerprint density at radius 1 is 0.919 bits per heavy atom.